The average molecular weight is 543 g/mol. The van der Waals surface area contributed by atoms with E-state index >= 15 is 0 Å². The number of carboxylic acid groups (broad SMARTS) is 1. The van der Waals surface area contributed by atoms with E-state index in [1.54, 1.807) is 6.07 Å². The normalized spacial score (nSPS) is 17.8. The fraction of sp³-hybridized carbons (Fsp3) is 0.406. The number of anilines is 1. The molecule has 2 aromatic carbocycles. The summed E-state index contributed by atoms with van der Waals surface area (Å²) < 4.78 is 5.93. The molecule has 0 unspecified atom stereocenters. The lowest BCUT2D eigenvalue weighted by atomic mass is 9.95. The number of hydrogen-bond donors (Lipinski definition) is 3. The zero-order valence-corrected chi connectivity index (χ0v) is 22.9. The Labute approximate surface area is 235 Å². The molecule has 0 aliphatic carbocycles. The van der Waals surface area contributed by atoms with Gasteiger partial charge in [-0.05, 0) is 93.1 Å². The van der Waals surface area contributed by atoms with E-state index < -0.39 is 12.0 Å². The number of aromatic nitrogens is 1. The fourth-order valence-corrected chi connectivity index (χ4v) is 5.60. The van der Waals surface area contributed by atoms with Gasteiger partial charge in [-0.25, -0.2) is 4.98 Å². The molecule has 2 aliphatic rings. The van der Waals surface area contributed by atoms with Gasteiger partial charge in [-0.15, -0.1) is 0 Å². The second kappa shape index (κ2) is 13.4. The number of likely N-dealkylation sites (tertiary alicyclic amines) is 1. The molecule has 2 atom stereocenters. The first-order chi connectivity index (χ1) is 19.5. The minimum absolute atomic E-state index is 0.0900. The van der Waals surface area contributed by atoms with E-state index in [1.165, 1.54) is 5.56 Å². The Morgan fingerprint density at radius 2 is 1.93 bits per heavy atom. The number of ether oxygens (including phenoxy) is 1. The van der Waals surface area contributed by atoms with Gasteiger partial charge in [0.15, 0.2) is 0 Å². The van der Waals surface area contributed by atoms with Gasteiger partial charge in [-0.1, -0.05) is 36.4 Å². The monoisotopic (exact) mass is 542 g/mol. The van der Waals surface area contributed by atoms with Crippen molar-refractivity contribution in [3.8, 4) is 11.5 Å². The Hall–Kier alpha value is -3.91. The van der Waals surface area contributed by atoms with Crippen LogP contribution in [0.3, 0.4) is 0 Å². The number of amides is 1. The van der Waals surface area contributed by atoms with Crippen LogP contribution in [0.2, 0.25) is 0 Å². The SMILES string of the molecule is O=C(O)C[C@H](NC(=O)[C@@H]1CCCN(CCCc2ccc3c(n2)NCCC3)C1)c1cccc(Oc2ccccc2)c1. The molecule has 1 saturated heterocycles. The third-order valence-corrected chi connectivity index (χ3v) is 7.67. The van der Waals surface area contributed by atoms with Gasteiger partial charge >= 0.3 is 5.97 Å². The van der Waals surface area contributed by atoms with Crippen LogP contribution in [-0.2, 0) is 22.4 Å². The number of piperidine rings is 1. The minimum Gasteiger partial charge on any atom is -0.481 e. The molecule has 40 heavy (non-hydrogen) atoms. The Morgan fingerprint density at radius 3 is 2.77 bits per heavy atom. The zero-order valence-electron chi connectivity index (χ0n) is 22.9. The Bertz CT molecular complexity index is 1300. The third-order valence-electron chi connectivity index (χ3n) is 7.67. The molecule has 3 heterocycles. The molecule has 0 saturated carbocycles. The molecule has 5 rings (SSSR count). The first kappa shape index (κ1) is 27.6. The highest BCUT2D eigenvalue weighted by Crippen LogP contribution is 2.27. The maximum Gasteiger partial charge on any atom is 0.305 e. The smallest absolute Gasteiger partial charge is 0.305 e. The molecule has 3 N–H and O–H groups in total. The number of para-hydroxylation sites is 1. The molecular weight excluding hydrogens is 504 g/mol. The van der Waals surface area contributed by atoms with Crippen molar-refractivity contribution in [1.29, 1.82) is 0 Å². The second-order valence-electron chi connectivity index (χ2n) is 10.7. The molecule has 0 radical (unpaired) electrons. The molecule has 2 aliphatic heterocycles. The molecule has 8 nitrogen and oxygen atoms in total. The van der Waals surface area contributed by atoms with Gasteiger partial charge < -0.3 is 25.4 Å². The van der Waals surface area contributed by atoms with E-state index in [1.807, 2.05) is 48.5 Å². The lowest BCUT2D eigenvalue weighted by Gasteiger charge is -2.33. The maximum atomic E-state index is 13.3. The zero-order chi connectivity index (χ0) is 27.7. The van der Waals surface area contributed by atoms with Gasteiger partial charge in [0.1, 0.15) is 17.3 Å². The van der Waals surface area contributed by atoms with Crippen LogP contribution in [0, 0.1) is 5.92 Å². The molecule has 0 spiro atoms. The number of hydrogen-bond acceptors (Lipinski definition) is 6. The summed E-state index contributed by atoms with van der Waals surface area (Å²) in [6.45, 7) is 3.55. The number of carbonyl (C=O) groups is 2. The molecule has 210 valence electrons. The lowest BCUT2D eigenvalue weighted by Crippen LogP contribution is -2.44. The number of nitrogens with one attached hydrogen (secondary N) is 2. The van der Waals surface area contributed by atoms with Crippen molar-refractivity contribution in [2.75, 3.05) is 31.5 Å². The van der Waals surface area contributed by atoms with Crippen LogP contribution in [0.25, 0.3) is 0 Å². The van der Waals surface area contributed by atoms with Crippen molar-refractivity contribution >= 4 is 17.7 Å². The molecule has 1 fully saturated rings. The summed E-state index contributed by atoms with van der Waals surface area (Å²) in [5.41, 5.74) is 3.12. The first-order valence-electron chi connectivity index (χ1n) is 14.3. The van der Waals surface area contributed by atoms with Crippen molar-refractivity contribution in [2.45, 2.75) is 51.0 Å². The van der Waals surface area contributed by atoms with E-state index in [0.717, 1.165) is 69.7 Å². The van der Waals surface area contributed by atoms with Crippen LogP contribution < -0.4 is 15.4 Å². The minimum atomic E-state index is -0.962. The largest absolute Gasteiger partial charge is 0.481 e. The van der Waals surface area contributed by atoms with Crippen molar-refractivity contribution in [2.24, 2.45) is 5.92 Å². The van der Waals surface area contributed by atoms with Crippen LogP contribution in [0.4, 0.5) is 5.82 Å². The predicted molar refractivity (Wildman–Crippen MR) is 155 cm³/mol. The molecule has 0 bridgehead atoms. The predicted octanol–water partition coefficient (Wildman–Crippen LogP) is 5.21. The highest BCUT2D eigenvalue weighted by molar-refractivity contribution is 5.80. The van der Waals surface area contributed by atoms with Crippen LogP contribution in [0.15, 0.2) is 66.7 Å². The summed E-state index contributed by atoms with van der Waals surface area (Å²) in [7, 11) is 0. The van der Waals surface area contributed by atoms with Crippen molar-refractivity contribution < 1.29 is 19.4 Å². The molecule has 8 heteroatoms. The summed E-state index contributed by atoms with van der Waals surface area (Å²) in [6, 6.07) is 20.4. The van der Waals surface area contributed by atoms with E-state index in [9.17, 15) is 14.7 Å². The molecule has 1 amide bonds. The third kappa shape index (κ3) is 7.60. The Balaban J connectivity index is 1.16. The maximum absolute atomic E-state index is 13.3. The highest BCUT2D eigenvalue weighted by atomic mass is 16.5. The number of carbonyl (C=O) groups excluding carboxylic acids is 1. The van der Waals surface area contributed by atoms with Crippen molar-refractivity contribution in [1.82, 2.24) is 15.2 Å². The van der Waals surface area contributed by atoms with Gasteiger partial charge in [-0.3, -0.25) is 9.59 Å². The summed E-state index contributed by atoms with van der Waals surface area (Å²) in [4.78, 5) is 32.2. The van der Waals surface area contributed by atoms with E-state index in [-0.39, 0.29) is 18.2 Å². The van der Waals surface area contributed by atoms with E-state index in [0.29, 0.717) is 23.6 Å². The number of pyridine rings is 1. The highest BCUT2D eigenvalue weighted by Gasteiger charge is 2.28. The average Bonchev–Trinajstić information content (AvgIpc) is 2.97. The number of rotatable bonds is 11. The van der Waals surface area contributed by atoms with Crippen LogP contribution >= 0.6 is 0 Å². The quantitative estimate of drug-likeness (QED) is 0.306. The van der Waals surface area contributed by atoms with Crippen LogP contribution in [0.5, 0.6) is 11.5 Å². The number of carboxylic acids is 1. The number of benzene rings is 2. The van der Waals surface area contributed by atoms with Gasteiger partial charge in [-0.2, -0.15) is 0 Å². The number of aliphatic carboxylic acids is 1. The van der Waals surface area contributed by atoms with Crippen LogP contribution in [-0.4, -0.2) is 53.0 Å². The van der Waals surface area contributed by atoms with E-state index in [2.05, 4.69) is 27.7 Å². The second-order valence-corrected chi connectivity index (χ2v) is 10.7. The van der Waals surface area contributed by atoms with Gasteiger partial charge in [0.05, 0.1) is 18.4 Å². The first-order valence-corrected chi connectivity index (χ1v) is 14.3. The molecule has 3 aromatic rings. The standard InChI is InChI=1S/C32H38N4O4/c37-30(38)21-29(24-8-4-14-28(20-24)40-27-12-2-1-3-13-27)35-32(39)25-10-6-18-36(22-25)19-7-11-26-16-15-23-9-5-17-33-31(23)34-26/h1-4,8,12-16,20,25,29H,5-7,9-11,17-19,21-22H2,(H,33,34)(H,35,39)(H,37,38)/t25-,29+/m1/s1. The Morgan fingerprint density at radius 1 is 1.07 bits per heavy atom. The van der Waals surface area contributed by atoms with Gasteiger partial charge in [0.25, 0.3) is 0 Å². The fourth-order valence-electron chi connectivity index (χ4n) is 5.60. The van der Waals surface area contributed by atoms with Crippen molar-refractivity contribution in [3.63, 3.8) is 0 Å². The van der Waals surface area contributed by atoms with Gasteiger partial charge in [0, 0.05) is 18.8 Å². The molecule has 1 aromatic heterocycles. The number of aryl methyl sites for hydroxylation is 2. The summed E-state index contributed by atoms with van der Waals surface area (Å²) in [5, 5.41) is 16.0. The topological polar surface area (TPSA) is 104 Å². The number of nitrogens with zero attached hydrogens (tertiary/aromatic N) is 2. The van der Waals surface area contributed by atoms with Crippen LogP contribution in [0.1, 0.15) is 55.0 Å². The summed E-state index contributed by atoms with van der Waals surface area (Å²) in [6.07, 6.45) is 5.69. The molecular formula is C32H38N4O4. The summed E-state index contributed by atoms with van der Waals surface area (Å²) in [5.74, 6) is 1.11. The van der Waals surface area contributed by atoms with Gasteiger partial charge in [0.2, 0.25) is 5.91 Å². The summed E-state index contributed by atoms with van der Waals surface area (Å²) >= 11 is 0. The van der Waals surface area contributed by atoms with Crippen molar-refractivity contribution in [3.05, 3.63) is 83.6 Å². The van der Waals surface area contributed by atoms with E-state index in [4.69, 9.17) is 9.72 Å². The lowest BCUT2D eigenvalue weighted by molar-refractivity contribution is -0.138. The Kier molecular flexibility index (Phi) is 9.29. The number of fused-ring (bicyclic) bond motifs is 1.